The van der Waals surface area contributed by atoms with Crippen LogP contribution in [0.5, 0.6) is 5.75 Å². The molecule has 14 heavy (non-hydrogen) atoms. The molecule has 76 valence electrons. The molecule has 0 aliphatic carbocycles. The number of aliphatic hydroxyl groups excluding tert-OH is 1. The highest BCUT2D eigenvalue weighted by Crippen LogP contribution is 2.40. The number of hydrogen-bond donors (Lipinski definition) is 1. The van der Waals surface area contributed by atoms with E-state index < -0.39 is 6.10 Å². The van der Waals surface area contributed by atoms with E-state index >= 15 is 0 Å². The molecule has 1 aromatic rings. The molecule has 1 N–H and O–H groups in total. The zero-order valence-corrected chi connectivity index (χ0v) is 9.01. The molecule has 1 aliphatic rings. The lowest BCUT2D eigenvalue weighted by Crippen LogP contribution is -2.34. The molecule has 0 amide bonds. The van der Waals surface area contributed by atoms with Crippen molar-refractivity contribution < 1.29 is 9.84 Å². The Morgan fingerprint density at radius 3 is 2.93 bits per heavy atom. The first-order chi connectivity index (χ1) is 6.48. The first-order valence-electron chi connectivity index (χ1n) is 4.64. The summed E-state index contributed by atoms with van der Waals surface area (Å²) in [6.45, 7) is 3.92. The quantitative estimate of drug-likeness (QED) is 0.717. The minimum absolute atomic E-state index is 0.322. The molecule has 0 aromatic heterocycles. The first kappa shape index (κ1) is 9.81. The molecular weight excluding hydrogens is 200 g/mol. The fourth-order valence-electron chi connectivity index (χ4n) is 1.79. The van der Waals surface area contributed by atoms with Gasteiger partial charge in [-0.3, -0.25) is 0 Å². The van der Waals surface area contributed by atoms with Gasteiger partial charge in [0.15, 0.2) is 0 Å². The Hall–Kier alpha value is -0.730. The van der Waals surface area contributed by atoms with Gasteiger partial charge in [0, 0.05) is 17.0 Å². The van der Waals surface area contributed by atoms with E-state index in [1.807, 2.05) is 19.9 Å². The summed E-state index contributed by atoms with van der Waals surface area (Å²) in [5.41, 5.74) is 0.505. The van der Waals surface area contributed by atoms with Crippen LogP contribution in [0.1, 0.15) is 31.9 Å². The summed E-state index contributed by atoms with van der Waals surface area (Å²) in [6, 6.07) is 5.34. The van der Waals surface area contributed by atoms with Crippen molar-refractivity contribution in [2.24, 2.45) is 0 Å². The lowest BCUT2D eigenvalue weighted by atomic mass is 9.92. The average molecular weight is 213 g/mol. The van der Waals surface area contributed by atoms with Gasteiger partial charge in [-0.25, -0.2) is 0 Å². The maximum absolute atomic E-state index is 9.86. The lowest BCUT2D eigenvalue weighted by Gasteiger charge is -2.35. The van der Waals surface area contributed by atoms with Crippen molar-refractivity contribution in [3.63, 3.8) is 0 Å². The van der Waals surface area contributed by atoms with Crippen LogP contribution in [0.4, 0.5) is 0 Å². The molecule has 0 saturated heterocycles. The van der Waals surface area contributed by atoms with Gasteiger partial charge < -0.3 is 9.84 Å². The lowest BCUT2D eigenvalue weighted by molar-refractivity contribution is 0.0116. The Kier molecular flexibility index (Phi) is 2.20. The van der Waals surface area contributed by atoms with Crippen LogP contribution in [0.3, 0.4) is 0 Å². The Morgan fingerprint density at radius 1 is 1.50 bits per heavy atom. The molecule has 0 saturated carbocycles. The van der Waals surface area contributed by atoms with Crippen LogP contribution < -0.4 is 4.74 Å². The van der Waals surface area contributed by atoms with Crippen molar-refractivity contribution in [2.45, 2.75) is 32.0 Å². The SMILES string of the molecule is CC1(C)CC(O)c2ccc(Cl)cc2O1. The van der Waals surface area contributed by atoms with Gasteiger partial charge in [-0.2, -0.15) is 0 Å². The van der Waals surface area contributed by atoms with Gasteiger partial charge in [0.2, 0.25) is 0 Å². The monoisotopic (exact) mass is 212 g/mol. The molecule has 0 radical (unpaired) electrons. The molecule has 2 nitrogen and oxygen atoms in total. The van der Waals surface area contributed by atoms with Crippen molar-refractivity contribution >= 4 is 11.6 Å². The Labute approximate surface area is 88.5 Å². The molecule has 1 atom stereocenters. The highest BCUT2D eigenvalue weighted by atomic mass is 35.5. The summed E-state index contributed by atoms with van der Waals surface area (Å²) in [5, 5.41) is 10.5. The zero-order chi connectivity index (χ0) is 10.3. The van der Waals surface area contributed by atoms with Crippen LogP contribution in [0.2, 0.25) is 5.02 Å². The van der Waals surface area contributed by atoms with E-state index in [9.17, 15) is 5.11 Å². The summed E-state index contributed by atoms with van der Waals surface area (Å²) < 4.78 is 5.73. The summed E-state index contributed by atoms with van der Waals surface area (Å²) in [6.07, 6.45) is 0.160. The summed E-state index contributed by atoms with van der Waals surface area (Å²) >= 11 is 5.86. The van der Waals surface area contributed by atoms with Crippen molar-refractivity contribution in [1.82, 2.24) is 0 Å². The van der Waals surface area contributed by atoms with E-state index in [0.717, 1.165) is 5.56 Å². The largest absolute Gasteiger partial charge is 0.487 e. The maximum atomic E-state index is 9.86. The van der Waals surface area contributed by atoms with E-state index in [2.05, 4.69) is 0 Å². The second-order valence-corrected chi connectivity index (χ2v) is 4.70. The normalized spacial score (nSPS) is 23.9. The molecule has 1 unspecified atom stereocenters. The Bertz CT molecular complexity index is 360. The molecule has 0 spiro atoms. The van der Waals surface area contributed by atoms with Crippen molar-refractivity contribution in [3.05, 3.63) is 28.8 Å². The number of hydrogen-bond acceptors (Lipinski definition) is 2. The fourth-order valence-corrected chi connectivity index (χ4v) is 1.95. The summed E-state index contributed by atoms with van der Waals surface area (Å²) in [5.74, 6) is 0.696. The maximum Gasteiger partial charge on any atom is 0.127 e. The predicted molar refractivity (Wildman–Crippen MR) is 55.7 cm³/mol. The van der Waals surface area contributed by atoms with Crippen molar-refractivity contribution in [3.8, 4) is 5.75 Å². The van der Waals surface area contributed by atoms with Crippen LogP contribution in [-0.4, -0.2) is 10.7 Å². The van der Waals surface area contributed by atoms with Crippen LogP contribution in [-0.2, 0) is 0 Å². The minimum atomic E-state index is -0.453. The molecule has 2 rings (SSSR count). The van der Waals surface area contributed by atoms with E-state index in [1.54, 1.807) is 12.1 Å². The van der Waals surface area contributed by atoms with Gasteiger partial charge in [-0.1, -0.05) is 17.7 Å². The summed E-state index contributed by atoms with van der Waals surface area (Å²) in [7, 11) is 0. The number of fused-ring (bicyclic) bond motifs is 1. The second-order valence-electron chi connectivity index (χ2n) is 4.26. The smallest absolute Gasteiger partial charge is 0.127 e. The van der Waals surface area contributed by atoms with Crippen LogP contribution in [0.25, 0.3) is 0 Å². The molecule has 0 bridgehead atoms. The molecule has 0 fully saturated rings. The van der Waals surface area contributed by atoms with Gasteiger partial charge in [0.25, 0.3) is 0 Å². The Balaban J connectivity index is 2.46. The van der Waals surface area contributed by atoms with Crippen LogP contribution in [0, 0.1) is 0 Å². The average Bonchev–Trinajstić information content (AvgIpc) is 2.00. The highest BCUT2D eigenvalue weighted by molar-refractivity contribution is 6.30. The van der Waals surface area contributed by atoms with Gasteiger partial charge in [0.05, 0.1) is 6.10 Å². The Morgan fingerprint density at radius 2 is 2.21 bits per heavy atom. The topological polar surface area (TPSA) is 29.5 Å². The van der Waals surface area contributed by atoms with Crippen LogP contribution >= 0.6 is 11.6 Å². The minimum Gasteiger partial charge on any atom is -0.487 e. The summed E-state index contributed by atoms with van der Waals surface area (Å²) in [4.78, 5) is 0. The number of ether oxygens (including phenoxy) is 1. The molecule has 1 aliphatic heterocycles. The highest BCUT2D eigenvalue weighted by Gasteiger charge is 2.32. The van der Waals surface area contributed by atoms with Crippen LogP contribution in [0.15, 0.2) is 18.2 Å². The van der Waals surface area contributed by atoms with E-state index in [-0.39, 0.29) is 5.60 Å². The third kappa shape index (κ3) is 1.72. The molecule has 3 heteroatoms. The third-order valence-corrected chi connectivity index (χ3v) is 2.64. The van der Waals surface area contributed by atoms with Gasteiger partial charge in [0.1, 0.15) is 11.4 Å². The van der Waals surface area contributed by atoms with Gasteiger partial charge in [-0.15, -0.1) is 0 Å². The van der Waals surface area contributed by atoms with E-state index in [0.29, 0.717) is 17.2 Å². The molecule has 1 aromatic carbocycles. The van der Waals surface area contributed by atoms with E-state index in [4.69, 9.17) is 16.3 Å². The van der Waals surface area contributed by atoms with Gasteiger partial charge >= 0.3 is 0 Å². The molecular formula is C11H13ClO2. The number of benzene rings is 1. The second kappa shape index (κ2) is 3.14. The number of halogens is 1. The zero-order valence-electron chi connectivity index (χ0n) is 8.25. The first-order valence-corrected chi connectivity index (χ1v) is 5.02. The fraction of sp³-hybridized carbons (Fsp3) is 0.455. The van der Waals surface area contributed by atoms with Crippen molar-refractivity contribution in [2.75, 3.05) is 0 Å². The van der Waals surface area contributed by atoms with Gasteiger partial charge in [-0.05, 0) is 26.0 Å². The third-order valence-electron chi connectivity index (χ3n) is 2.41. The number of aliphatic hydroxyl groups is 1. The standard InChI is InChI=1S/C11H13ClO2/c1-11(2)6-9(13)8-4-3-7(12)5-10(8)14-11/h3-5,9,13H,6H2,1-2H3. The van der Waals surface area contributed by atoms with Crippen molar-refractivity contribution in [1.29, 1.82) is 0 Å². The predicted octanol–water partition coefficient (Wildman–Crippen LogP) is 2.93. The number of rotatable bonds is 0. The van der Waals surface area contributed by atoms with E-state index in [1.165, 1.54) is 0 Å². The molecule has 1 heterocycles.